The Hall–Kier alpha value is -3.15. The van der Waals surface area contributed by atoms with Crippen LogP contribution in [0.3, 0.4) is 0 Å². The molecule has 1 fully saturated rings. The van der Waals surface area contributed by atoms with E-state index in [1.165, 1.54) is 5.56 Å². The minimum absolute atomic E-state index is 0.00664. The van der Waals surface area contributed by atoms with E-state index in [-0.39, 0.29) is 24.5 Å². The second kappa shape index (κ2) is 9.55. The summed E-state index contributed by atoms with van der Waals surface area (Å²) in [5.74, 6) is -0.678. The van der Waals surface area contributed by atoms with Crippen LogP contribution in [-0.4, -0.2) is 42.4 Å². The van der Waals surface area contributed by atoms with Gasteiger partial charge in [0.25, 0.3) is 5.91 Å². The van der Waals surface area contributed by atoms with E-state index in [0.717, 1.165) is 30.4 Å². The monoisotopic (exact) mass is 434 g/mol. The number of nitrogens with one attached hydrogen (secondary N) is 1. The van der Waals surface area contributed by atoms with E-state index in [2.05, 4.69) is 17.4 Å². The number of piperidine rings is 1. The molecule has 1 aliphatic heterocycles. The van der Waals surface area contributed by atoms with E-state index < -0.39 is 11.4 Å². The van der Waals surface area contributed by atoms with Crippen LogP contribution in [0.1, 0.15) is 55.3 Å². The highest BCUT2D eigenvalue weighted by atomic mass is 16.5. The van der Waals surface area contributed by atoms with Gasteiger partial charge in [-0.05, 0) is 48.8 Å². The highest BCUT2D eigenvalue weighted by molar-refractivity contribution is 5.87. The van der Waals surface area contributed by atoms with Crippen molar-refractivity contribution in [1.29, 1.82) is 0 Å². The van der Waals surface area contributed by atoms with Crippen molar-refractivity contribution in [3.63, 3.8) is 0 Å². The third-order valence-electron chi connectivity index (χ3n) is 6.82. The first kappa shape index (κ1) is 22.1. The maximum absolute atomic E-state index is 13.3. The average Bonchev–Trinajstić information content (AvgIpc) is 2.83. The molecule has 6 heteroatoms. The third-order valence-corrected chi connectivity index (χ3v) is 6.82. The molecular formula is C26H30N2O4. The van der Waals surface area contributed by atoms with Gasteiger partial charge in [0, 0.05) is 20.0 Å². The SMILES string of the molecule is CC(=O)N1CCC(C(=O)OCC(=O)N[C@H]2CCCc3ccccc32)(c2ccccc2)CC1. The molecule has 1 saturated heterocycles. The molecular weight excluding hydrogens is 404 g/mol. The van der Waals surface area contributed by atoms with Gasteiger partial charge in [-0.3, -0.25) is 14.4 Å². The maximum Gasteiger partial charge on any atom is 0.317 e. The Morgan fingerprint density at radius 3 is 2.44 bits per heavy atom. The number of ether oxygens (including phenoxy) is 1. The summed E-state index contributed by atoms with van der Waals surface area (Å²) in [5, 5.41) is 3.04. The number of fused-ring (bicyclic) bond motifs is 1. The van der Waals surface area contributed by atoms with Crippen molar-refractivity contribution in [2.45, 2.75) is 50.5 Å². The van der Waals surface area contributed by atoms with E-state index in [1.54, 1.807) is 11.8 Å². The zero-order chi connectivity index (χ0) is 22.6. The van der Waals surface area contributed by atoms with Crippen molar-refractivity contribution in [3.05, 3.63) is 71.3 Å². The second-order valence-electron chi connectivity index (χ2n) is 8.74. The van der Waals surface area contributed by atoms with Crippen molar-refractivity contribution in [2.75, 3.05) is 19.7 Å². The van der Waals surface area contributed by atoms with Gasteiger partial charge in [0.05, 0.1) is 11.5 Å². The number of carbonyl (C=O) groups excluding carboxylic acids is 3. The zero-order valence-corrected chi connectivity index (χ0v) is 18.5. The fourth-order valence-electron chi connectivity index (χ4n) is 4.98. The normalized spacial score (nSPS) is 19.5. The van der Waals surface area contributed by atoms with E-state index >= 15 is 0 Å². The predicted molar refractivity (Wildman–Crippen MR) is 121 cm³/mol. The number of amides is 2. The largest absolute Gasteiger partial charge is 0.455 e. The molecule has 0 aromatic heterocycles. The summed E-state index contributed by atoms with van der Waals surface area (Å²) in [6.07, 6.45) is 3.88. The number of hydrogen-bond acceptors (Lipinski definition) is 4. The first-order chi connectivity index (χ1) is 15.5. The molecule has 0 spiro atoms. The van der Waals surface area contributed by atoms with Crippen molar-refractivity contribution in [2.24, 2.45) is 0 Å². The molecule has 2 aliphatic rings. The summed E-state index contributed by atoms with van der Waals surface area (Å²) in [6.45, 7) is 2.22. The van der Waals surface area contributed by atoms with Crippen molar-refractivity contribution in [3.8, 4) is 0 Å². The van der Waals surface area contributed by atoms with Crippen LogP contribution in [0, 0.1) is 0 Å². The smallest absolute Gasteiger partial charge is 0.317 e. The van der Waals surface area contributed by atoms with Gasteiger partial charge in [-0.1, -0.05) is 54.6 Å². The number of nitrogens with zero attached hydrogens (tertiary/aromatic N) is 1. The lowest BCUT2D eigenvalue weighted by Crippen LogP contribution is -2.49. The highest BCUT2D eigenvalue weighted by Gasteiger charge is 2.45. The molecule has 6 nitrogen and oxygen atoms in total. The molecule has 4 rings (SSSR count). The van der Waals surface area contributed by atoms with Gasteiger partial charge in [0.2, 0.25) is 5.91 Å². The van der Waals surface area contributed by atoms with E-state index in [1.807, 2.05) is 42.5 Å². The number of hydrogen-bond donors (Lipinski definition) is 1. The van der Waals surface area contributed by atoms with Crippen LogP contribution < -0.4 is 5.32 Å². The molecule has 1 N–H and O–H groups in total. The third kappa shape index (κ3) is 4.54. The number of carbonyl (C=O) groups is 3. The molecule has 2 aromatic carbocycles. The van der Waals surface area contributed by atoms with Gasteiger partial charge in [-0.2, -0.15) is 0 Å². The molecule has 168 valence electrons. The van der Waals surface area contributed by atoms with E-state index in [0.29, 0.717) is 25.9 Å². The zero-order valence-electron chi connectivity index (χ0n) is 18.5. The molecule has 2 aromatic rings. The quantitative estimate of drug-likeness (QED) is 0.733. The Balaban J connectivity index is 1.42. The van der Waals surface area contributed by atoms with Crippen LogP contribution in [0.5, 0.6) is 0 Å². The lowest BCUT2D eigenvalue weighted by molar-refractivity contribution is -0.157. The van der Waals surface area contributed by atoms with Gasteiger partial charge < -0.3 is 15.0 Å². The predicted octanol–water partition coefficient (Wildman–Crippen LogP) is 3.30. The molecule has 0 unspecified atom stereocenters. The fraction of sp³-hybridized carbons (Fsp3) is 0.423. The molecule has 1 heterocycles. The Kier molecular flexibility index (Phi) is 6.58. The molecule has 32 heavy (non-hydrogen) atoms. The van der Waals surface area contributed by atoms with Crippen LogP contribution in [0.15, 0.2) is 54.6 Å². The van der Waals surface area contributed by atoms with Crippen molar-refractivity contribution < 1.29 is 19.1 Å². The summed E-state index contributed by atoms with van der Waals surface area (Å²) in [5.41, 5.74) is 2.44. The fourth-order valence-corrected chi connectivity index (χ4v) is 4.98. The van der Waals surface area contributed by atoms with Gasteiger partial charge in [0.15, 0.2) is 6.61 Å². The summed E-state index contributed by atoms with van der Waals surface area (Å²) in [6, 6.07) is 17.7. The first-order valence-electron chi connectivity index (χ1n) is 11.3. The van der Waals surface area contributed by atoms with Crippen LogP contribution in [0.25, 0.3) is 0 Å². The number of esters is 1. The summed E-state index contributed by atoms with van der Waals surface area (Å²) < 4.78 is 5.57. The van der Waals surface area contributed by atoms with Crippen LogP contribution in [0.4, 0.5) is 0 Å². The number of aryl methyl sites for hydroxylation is 1. The molecule has 2 amide bonds. The van der Waals surface area contributed by atoms with Crippen molar-refractivity contribution >= 4 is 17.8 Å². The van der Waals surface area contributed by atoms with Crippen molar-refractivity contribution in [1.82, 2.24) is 10.2 Å². The second-order valence-corrected chi connectivity index (χ2v) is 8.74. The first-order valence-corrected chi connectivity index (χ1v) is 11.3. The van der Waals surface area contributed by atoms with Crippen LogP contribution in [-0.2, 0) is 31.0 Å². The standard InChI is InChI=1S/C26H30N2O4/c1-19(29)28-16-14-26(15-17-28,21-10-3-2-4-11-21)25(31)32-18-24(30)27-23-13-7-9-20-8-5-6-12-22(20)23/h2-6,8,10-12,23H,7,9,13-18H2,1H3,(H,27,30)/t23-/m0/s1. The van der Waals surface area contributed by atoms with Gasteiger partial charge in [-0.25, -0.2) is 0 Å². The average molecular weight is 435 g/mol. The highest BCUT2D eigenvalue weighted by Crippen LogP contribution is 2.37. The Labute approximate surface area is 188 Å². The number of rotatable bonds is 5. The van der Waals surface area contributed by atoms with Crippen LogP contribution >= 0.6 is 0 Å². The minimum atomic E-state index is -0.842. The lowest BCUT2D eigenvalue weighted by Gasteiger charge is -2.40. The Morgan fingerprint density at radius 1 is 1.03 bits per heavy atom. The molecule has 1 atom stereocenters. The molecule has 0 saturated carbocycles. The Morgan fingerprint density at radius 2 is 1.72 bits per heavy atom. The maximum atomic E-state index is 13.3. The van der Waals surface area contributed by atoms with E-state index in [4.69, 9.17) is 4.74 Å². The Bertz CT molecular complexity index is 980. The summed E-state index contributed by atoms with van der Waals surface area (Å²) >= 11 is 0. The van der Waals surface area contributed by atoms with Gasteiger partial charge >= 0.3 is 5.97 Å². The van der Waals surface area contributed by atoms with Gasteiger partial charge in [-0.15, -0.1) is 0 Å². The van der Waals surface area contributed by atoms with Gasteiger partial charge in [0.1, 0.15) is 0 Å². The van der Waals surface area contributed by atoms with E-state index in [9.17, 15) is 14.4 Å². The number of likely N-dealkylation sites (tertiary alicyclic amines) is 1. The molecule has 0 radical (unpaired) electrons. The lowest BCUT2D eigenvalue weighted by atomic mass is 9.72. The molecule has 1 aliphatic carbocycles. The minimum Gasteiger partial charge on any atom is -0.455 e. The number of benzene rings is 2. The summed E-state index contributed by atoms with van der Waals surface area (Å²) in [4.78, 5) is 39.5. The topological polar surface area (TPSA) is 75.7 Å². The van der Waals surface area contributed by atoms with Crippen LogP contribution in [0.2, 0.25) is 0 Å². The molecule has 0 bridgehead atoms. The summed E-state index contributed by atoms with van der Waals surface area (Å²) in [7, 11) is 0.